The fourth-order valence-corrected chi connectivity index (χ4v) is 2.86. The fraction of sp³-hybridized carbons (Fsp3) is 0.688. The number of hydrogen-bond donors (Lipinski definition) is 1. The molecule has 106 valence electrons. The monoisotopic (exact) mass is 263 g/mol. The molecule has 1 heterocycles. The first-order valence-corrected chi connectivity index (χ1v) is 7.26. The first-order chi connectivity index (χ1) is 8.95. The Morgan fingerprint density at radius 2 is 2.00 bits per heavy atom. The van der Waals surface area contributed by atoms with Crippen LogP contribution in [0.3, 0.4) is 0 Å². The molecule has 0 radical (unpaired) electrons. The van der Waals surface area contributed by atoms with Crippen molar-refractivity contribution in [2.24, 2.45) is 5.41 Å². The van der Waals surface area contributed by atoms with Gasteiger partial charge in [0.05, 0.1) is 18.4 Å². The third-order valence-corrected chi connectivity index (χ3v) is 4.22. The first kappa shape index (κ1) is 14.3. The van der Waals surface area contributed by atoms with E-state index in [0.29, 0.717) is 12.0 Å². The summed E-state index contributed by atoms with van der Waals surface area (Å²) in [7, 11) is 0. The molecule has 0 aliphatic heterocycles. The summed E-state index contributed by atoms with van der Waals surface area (Å²) in [6.07, 6.45) is 8.38. The zero-order valence-electron chi connectivity index (χ0n) is 12.3. The molecular weight excluding hydrogens is 238 g/mol. The molecule has 3 nitrogen and oxygen atoms in total. The molecule has 0 saturated heterocycles. The van der Waals surface area contributed by atoms with E-state index in [4.69, 9.17) is 4.74 Å². The summed E-state index contributed by atoms with van der Waals surface area (Å²) >= 11 is 0. The molecule has 19 heavy (non-hydrogen) atoms. The average Bonchev–Trinajstić information content (AvgIpc) is 2.50. The van der Waals surface area contributed by atoms with E-state index in [9.17, 15) is 5.11 Å². The van der Waals surface area contributed by atoms with E-state index in [0.717, 1.165) is 37.0 Å². The van der Waals surface area contributed by atoms with Crippen LogP contribution in [0.1, 0.15) is 58.4 Å². The molecule has 1 N–H and O–H groups in total. The van der Waals surface area contributed by atoms with Gasteiger partial charge in [-0.2, -0.15) is 0 Å². The molecule has 1 atom stereocenters. The largest absolute Gasteiger partial charge is 0.492 e. The fourth-order valence-electron chi connectivity index (χ4n) is 2.86. The van der Waals surface area contributed by atoms with Crippen molar-refractivity contribution in [3.05, 3.63) is 24.0 Å². The molecule has 1 aliphatic rings. The van der Waals surface area contributed by atoms with Gasteiger partial charge in [-0.1, -0.05) is 13.8 Å². The van der Waals surface area contributed by atoms with Crippen molar-refractivity contribution >= 4 is 0 Å². The highest BCUT2D eigenvalue weighted by Gasteiger charge is 2.35. The number of rotatable bonds is 3. The lowest BCUT2D eigenvalue weighted by Gasteiger charge is -2.28. The minimum absolute atomic E-state index is 0.329. The Balaban J connectivity index is 2.21. The van der Waals surface area contributed by atoms with Gasteiger partial charge in [0.25, 0.3) is 0 Å². The minimum atomic E-state index is -0.742. The maximum atomic E-state index is 11.0. The molecule has 1 saturated carbocycles. The molecule has 0 aromatic carbocycles. The van der Waals surface area contributed by atoms with E-state index < -0.39 is 5.60 Å². The zero-order valence-corrected chi connectivity index (χ0v) is 12.3. The van der Waals surface area contributed by atoms with Gasteiger partial charge < -0.3 is 9.84 Å². The van der Waals surface area contributed by atoms with Crippen molar-refractivity contribution in [3.8, 4) is 5.75 Å². The first-order valence-electron chi connectivity index (χ1n) is 7.26. The lowest BCUT2D eigenvalue weighted by molar-refractivity contribution is 0.0175. The molecule has 0 amide bonds. The molecule has 1 fully saturated rings. The van der Waals surface area contributed by atoms with E-state index in [2.05, 4.69) is 18.8 Å². The average molecular weight is 263 g/mol. The number of aromatic nitrogens is 1. The molecule has 1 unspecified atom stereocenters. The quantitative estimate of drug-likeness (QED) is 0.846. The van der Waals surface area contributed by atoms with Crippen molar-refractivity contribution in [2.75, 3.05) is 6.61 Å². The standard InChI is InChI=1S/C16H25NO2/c1-4-19-14-10-13(11-17-12-14)16(18)7-5-6-15(2,3)8-9-16/h10-12,18H,4-9H2,1-3H3. The summed E-state index contributed by atoms with van der Waals surface area (Å²) in [5.41, 5.74) is 0.486. The molecular formula is C16H25NO2. The van der Waals surface area contributed by atoms with Crippen molar-refractivity contribution in [3.63, 3.8) is 0 Å². The van der Waals surface area contributed by atoms with Gasteiger partial charge >= 0.3 is 0 Å². The second-order valence-electron chi connectivity index (χ2n) is 6.39. The normalized spacial score (nSPS) is 26.7. The number of hydrogen-bond acceptors (Lipinski definition) is 3. The number of nitrogens with zero attached hydrogens (tertiary/aromatic N) is 1. The Hall–Kier alpha value is -1.09. The van der Waals surface area contributed by atoms with Gasteiger partial charge in [-0.3, -0.25) is 4.98 Å². The second-order valence-corrected chi connectivity index (χ2v) is 6.39. The highest BCUT2D eigenvalue weighted by Crippen LogP contribution is 2.43. The van der Waals surface area contributed by atoms with E-state index in [1.165, 1.54) is 6.42 Å². The smallest absolute Gasteiger partial charge is 0.137 e. The van der Waals surface area contributed by atoms with Crippen LogP contribution in [-0.2, 0) is 5.60 Å². The predicted molar refractivity (Wildman–Crippen MR) is 76.2 cm³/mol. The summed E-state index contributed by atoms with van der Waals surface area (Å²) in [4.78, 5) is 4.21. The van der Waals surface area contributed by atoms with Crippen LogP contribution in [0.5, 0.6) is 5.75 Å². The summed E-state index contributed by atoms with van der Waals surface area (Å²) in [6.45, 7) is 7.15. The van der Waals surface area contributed by atoms with Gasteiger partial charge in [-0.15, -0.1) is 0 Å². The number of ether oxygens (including phenoxy) is 1. The second kappa shape index (κ2) is 5.49. The van der Waals surface area contributed by atoms with Crippen molar-refractivity contribution < 1.29 is 9.84 Å². The maximum Gasteiger partial charge on any atom is 0.137 e. The minimum Gasteiger partial charge on any atom is -0.492 e. The summed E-state index contributed by atoms with van der Waals surface area (Å²) in [5.74, 6) is 0.747. The van der Waals surface area contributed by atoms with Crippen LogP contribution in [0.25, 0.3) is 0 Å². The van der Waals surface area contributed by atoms with E-state index in [1.807, 2.05) is 13.0 Å². The van der Waals surface area contributed by atoms with Crippen LogP contribution >= 0.6 is 0 Å². The lowest BCUT2D eigenvalue weighted by Crippen LogP contribution is -2.25. The molecule has 0 bridgehead atoms. The molecule has 3 heteroatoms. The lowest BCUT2D eigenvalue weighted by atomic mass is 9.83. The zero-order chi connectivity index (χ0) is 13.9. The van der Waals surface area contributed by atoms with Gasteiger partial charge in [-0.25, -0.2) is 0 Å². The van der Waals surface area contributed by atoms with Crippen LogP contribution in [0.15, 0.2) is 18.5 Å². The molecule has 2 rings (SSSR count). The maximum absolute atomic E-state index is 11.0. The van der Waals surface area contributed by atoms with Gasteiger partial charge in [0.1, 0.15) is 5.75 Å². The molecule has 1 aliphatic carbocycles. The third-order valence-electron chi connectivity index (χ3n) is 4.22. The topological polar surface area (TPSA) is 42.4 Å². The summed E-state index contributed by atoms with van der Waals surface area (Å²) < 4.78 is 5.48. The van der Waals surface area contributed by atoms with Crippen molar-refractivity contribution in [1.82, 2.24) is 4.98 Å². The Morgan fingerprint density at radius 1 is 1.21 bits per heavy atom. The van der Waals surface area contributed by atoms with Gasteiger partial charge in [0.15, 0.2) is 0 Å². The number of pyridine rings is 1. The van der Waals surface area contributed by atoms with Crippen LogP contribution < -0.4 is 4.74 Å². The Morgan fingerprint density at radius 3 is 2.74 bits per heavy atom. The molecule has 0 spiro atoms. The number of aliphatic hydroxyl groups is 1. The summed E-state index contributed by atoms with van der Waals surface area (Å²) in [5, 5.41) is 11.0. The van der Waals surface area contributed by atoms with Crippen molar-refractivity contribution in [2.45, 2.75) is 58.5 Å². The van der Waals surface area contributed by atoms with E-state index in [1.54, 1.807) is 12.4 Å². The SMILES string of the molecule is CCOc1cncc(C2(O)CCCC(C)(C)CC2)c1. The van der Waals surface area contributed by atoms with Gasteiger partial charge in [0, 0.05) is 11.8 Å². The predicted octanol–water partition coefficient (Wildman–Crippen LogP) is 3.66. The van der Waals surface area contributed by atoms with Crippen molar-refractivity contribution in [1.29, 1.82) is 0 Å². The van der Waals surface area contributed by atoms with Crippen LogP contribution in [0.4, 0.5) is 0 Å². The highest BCUT2D eigenvalue weighted by molar-refractivity contribution is 5.28. The Labute approximate surface area is 116 Å². The van der Waals surface area contributed by atoms with Crippen LogP contribution in [0, 0.1) is 5.41 Å². The van der Waals surface area contributed by atoms with E-state index in [-0.39, 0.29) is 0 Å². The Bertz CT molecular complexity index is 431. The van der Waals surface area contributed by atoms with Crippen LogP contribution in [0.2, 0.25) is 0 Å². The third kappa shape index (κ3) is 3.47. The molecule has 1 aromatic rings. The Kier molecular flexibility index (Phi) is 4.14. The highest BCUT2D eigenvalue weighted by atomic mass is 16.5. The van der Waals surface area contributed by atoms with Gasteiger partial charge in [-0.05, 0) is 50.5 Å². The van der Waals surface area contributed by atoms with Crippen LogP contribution in [-0.4, -0.2) is 16.7 Å². The van der Waals surface area contributed by atoms with E-state index >= 15 is 0 Å². The summed E-state index contributed by atoms with van der Waals surface area (Å²) in [6, 6.07) is 1.94. The molecule has 1 aromatic heterocycles. The van der Waals surface area contributed by atoms with Gasteiger partial charge in [0.2, 0.25) is 0 Å².